The molecule has 0 saturated heterocycles. The molecular weight excluding hydrogens is 340 g/mol. The van der Waals surface area contributed by atoms with E-state index in [-0.39, 0.29) is 5.91 Å². The van der Waals surface area contributed by atoms with E-state index in [1.807, 2.05) is 43.3 Å². The van der Waals surface area contributed by atoms with E-state index in [0.717, 1.165) is 17.1 Å². The van der Waals surface area contributed by atoms with Crippen LogP contribution in [0.1, 0.15) is 10.4 Å². The molecule has 2 N–H and O–H groups in total. The van der Waals surface area contributed by atoms with Gasteiger partial charge in [-0.2, -0.15) is 0 Å². The molecule has 6 heteroatoms. The number of aromatic nitrogens is 1. The molecule has 1 amide bonds. The van der Waals surface area contributed by atoms with Crippen molar-refractivity contribution in [1.29, 1.82) is 0 Å². The van der Waals surface area contributed by atoms with Gasteiger partial charge in [0.25, 0.3) is 5.91 Å². The predicted molar refractivity (Wildman–Crippen MR) is 109 cm³/mol. The summed E-state index contributed by atoms with van der Waals surface area (Å²) in [6, 6.07) is 18.6. The zero-order chi connectivity index (χ0) is 19.2. The first-order chi connectivity index (χ1) is 13.0. The Morgan fingerprint density at radius 2 is 1.63 bits per heavy atom. The van der Waals surface area contributed by atoms with Gasteiger partial charge in [-0.1, -0.05) is 0 Å². The van der Waals surface area contributed by atoms with Crippen LogP contribution in [0, 0.1) is 0 Å². The Bertz CT molecular complexity index is 906. The lowest BCUT2D eigenvalue weighted by atomic mass is 10.2. The lowest BCUT2D eigenvalue weighted by molar-refractivity contribution is 0.102. The Morgan fingerprint density at radius 3 is 2.26 bits per heavy atom. The minimum absolute atomic E-state index is 0.200. The van der Waals surface area contributed by atoms with Gasteiger partial charge in [0.1, 0.15) is 11.6 Å². The molecule has 0 spiro atoms. The summed E-state index contributed by atoms with van der Waals surface area (Å²) in [5.74, 6) is 1.15. The van der Waals surface area contributed by atoms with Crippen LogP contribution in [0.15, 0.2) is 66.9 Å². The van der Waals surface area contributed by atoms with Crippen molar-refractivity contribution in [2.75, 3.05) is 36.7 Å². The number of amides is 1. The molecule has 0 aliphatic rings. The normalized spacial score (nSPS) is 10.2. The van der Waals surface area contributed by atoms with E-state index in [0.29, 0.717) is 17.1 Å². The van der Waals surface area contributed by atoms with Gasteiger partial charge in [0.15, 0.2) is 0 Å². The Morgan fingerprint density at radius 1 is 0.963 bits per heavy atom. The van der Waals surface area contributed by atoms with Crippen molar-refractivity contribution < 1.29 is 9.53 Å². The third-order valence-electron chi connectivity index (χ3n) is 4.03. The van der Waals surface area contributed by atoms with Crippen molar-refractivity contribution in [3.8, 4) is 5.75 Å². The average Bonchev–Trinajstić information content (AvgIpc) is 2.69. The summed E-state index contributed by atoms with van der Waals surface area (Å²) in [5, 5.41) is 6.08. The first-order valence-electron chi connectivity index (χ1n) is 8.51. The van der Waals surface area contributed by atoms with Gasteiger partial charge in [0.2, 0.25) is 0 Å². The minimum atomic E-state index is -0.200. The number of nitrogens with one attached hydrogen (secondary N) is 2. The fourth-order valence-corrected chi connectivity index (χ4v) is 2.51. The molecule has 2 aromatic carbocycles. The molecule has 6 nitrogen and oxygen atoms in total. The number of hydrogen-bond acceptors (Lipinski definition) is 5. The topological polar surface area (TPSA) is 66.5 Å². The monoisotopic (exact) mass is 362 g/mol. The first-order valence-corrected chi connectivity index (χ1v) is 8.51. The van der Waals surface area contributed by atoms with E-state index in [2.05, 4.69) is 15.6 Å². The highest BCUT2D eigenvalue weighted by Gasteiger charge is 2.08. The van der Waals surface area contributed by atoms with Gasteiger partial charge in [-0.05, 0) is 60.7 Å². The predicted octanol–water partition coefficient (Wildman–Crippen LogP) is 4.15. The first kappa shape index (κ1) is 18.3. The molecular formula is C21H22N4O2. The quantitative estimate of drug-likeness (QED) is 0.689. The maximum atomic E-state index is 12.5. The molecule has 138 valence electrons. The van der Waals surface area contributed by atoms with E-state index >= 15 is 0 Å². The van der Waals surface area contributed by atoms with Crippen LogP contribution in [0.25, 0.3) is 0 Å². The summed E-state index contributed by atoms with van der Waals surface area (Å²) in [6.07, 6.45) is 1.61. The molecule has 0 fully saturated rings. The van der Waals surface area contributed by atoms with Crippen LogP contribution in [-0.2, 0) is 0 Å². The molecule has 0 radical (unpaired) electrons. The van der Waals surface area contributed by atoms with E-state index in [9.17, 15) is 4.79 Å². The molecule has 0 aliphatic heterocycles. The number of benzene rings is 2. The molecule has 0 aliphatic carbocycles. The van der Waals surface area contributed by atoms with Crippen LogP contribution in [0.2, 0.25) is 0 Å². The maximum absolute atomic E-state index is 12.5. The van der Waals surface area contributed by atoms with Gasteiger partial charge < -0.3 is 20.3 Å². The highest BCUT2D eigenvalue weighted by molar-refractivity contribution is 6.04. The van der Waals surface area contributed by atoms with Crippen molar-refractivity contribution in [2.24, 2.45) is 0 Å². The zero-order valence-corrected chi connectivity index (χ0v) is 15.6. The highest BCUT2D eigenvalue weighted by Crippen LogP contribution is 2.20. The van der Waals surface area contributed by atoms with Gasteiger partial charge >= 0.3 is 0 Å². The average molecular weight is 362 g/mol. The standard InChI is InChI=1S/C21H22N4O2/c1-25(2)18-8-4-16(5-9-18)23-20-14-15(12-13-22-20)21(26)24-17-6-10-19(27-3)11-7-17/h4-14H,1-3H3,(H,22,23)(H,24,26). The van der Waals surface area contributed by atoms with E-state index in [1.165, 1.54) is 0 Å². The van der Waals surface area contributed by atoms with Crippen molar-refractivity contribution in [3.05, 3.63) is 72.4 Å². The number of carbonyl (C=O) groups excluding carboxylic acids is 1. The van der Waals surface area contributed by atoms with Crippen molar-refractivity contribution >= 4 is 28.8 Å². The second-order valence-corrected chi connectivity index (χ2v) is 6.18. The number of rotatable bonds is 6. The van der Waals surface area contributed by atoms with Gasteiger partial charge in [0.05, 0.1) is 7.11 Å². The zero-order valence-electron chi connectivity index (χ0n) is 15.6. The van der Waals surface area contributed by atoms with Crippen LogP contribution in [0.4, 0.5) is 22.9 Å². The number of pyridine rings is 1. The van der Waals surface area contributed by atoms with Gasteiger partial charge in [-0.25, -0.2) is 4.98 Å². The number of carbonyl (C=O) groups is 1. The van der Waals surface area contributed by atoms with Crippen molar-refractivity contribution in [3.63, 3.8) is 0 Å². The van der Waals surface area contributed by atoms with Crippen LogP contribution < -0.4 is 20.3 Å². The second-order valence-electron chi connectivity index (χ2n) is 6.18. The number of methoxy groups -OCH3 is 1. The minimum Gasteiger partial charge on any atom is -0.497 e. The number of ether oxygens (including phenoxy) is 1. The molecule has 3 rings (SSSR count). The Hall–Kier alpha value is -3.54. The third-order valence-corrected chi connectivity index (χ3v) is 4.03. The fourth-order valence-electron chi connectivity index (χ4n) is 2.51. The van der Waals surface area contributed by atoms with Crippen molar-refractivity contribution in [2.45, 2.75) is 0 Å². The smallest absolute Gasteiger partial charge is 0.255 e. The summed E-state index contributed by atoms with van der Waals surface area (Å²) in [6.45, 7) is 0. The molecule has 0 saturated carbocycles. The Labute approximate surface area is 158 Å². The Balaban J connectivity index is 1.69. The summed E-state index contributed by atoms with van der Waals surface area (Å²) < 4.78 is 5.12. The number of anilines is 4. The van der Waals surface area contributed by atoms with E-state index in [1.54, 1.807) is 49.7 Å². The highest BCUT2D eigenvalue weighted by atomic mass is 16.5. The number of hydrogen-bond donors (Lipinski definition) is 2. The number of nitrogens with zero attached hydrogens (tertiary/aromatic N) is 2. The van der Waals surface area contributed by atoms with Crippen LogP contribution >= 0.6 is 0 Å². The van der Waals surface area contributed by atoms with E-state index in [4.69, 9.17) is 4.74 Å². The molecule has 3 aromatic rings. The fraction of sp³-hybridized carbons (Fsp3) is 0.143. The largest absolute Gasteiger partial charge is 0.497 e. The van der Waals surface area contributed by atoms with Gasteiger partial charge in [-0.3, -0.25) is 4.79 Å². The molecule has 1 heterocycles. The summed E-state index contributed by atoms with van der Waals surface area (Å²) in [4.78, 5) is 18.8. The molecule has 0 unspecified atom stereocenters. The summed E-state index contributed by atoms with van der Waals surface area (Å²) in [7, 11) is 5.59. The maximum Gasteiger partial charge on any atom is 0.255 e. The molecule has 0 atom stereocenters. The SMILES string of the molecule is COc1ccc(NC(=O)c2ccnc(Nc3ccc(N(C)C)cc3)c2)cc1. The van der Waals surface area contributed by atoms with Crippen LogP contribution in [-0.4, -0.2) is 32.1 Å². The molecule has 27 heavy (non-hydrogen) atoms. The lowest BCUT2D eigenvalue weighted by Crippen LogP contribution is -2.12. The lowest BCUT2D eigenvalue weighted by Gasteiger charge is -2.13. The molecule has 0 bridgehead atoms. The van der Waals surface area contributed by atoms with Gasteiger partial charge in [-0.15, -0.1) is 0 Å². The Kier molecular flexibility index (Phi) is 5.56. The third kappa shape index (κ3) is 4.76. The summed E-state index contributed by atoms with van der Waals surface area (Å²) >= 11 is 0. The molecule has 1 aromatic heterocycles. The van der Waals surface area contributed by atoms with Crippen molar-refractivity contribution in [1.82, 2.24) is 4.98 Å². The van der Waals surface area contributed by atoms with Gasteiger partial charge in [0, 0.05) is 42.9 Å². The van der Waals surface area contributed by atoms with Crippen LogP contribution in [0.5, 0.6) is 5.75 Å². The second kappa shape index (κ2) is 8.23. The van der Waals surface area contributed by atoms with E-state index < -0.39 is 0 Å². The van der Waals surface area contributed by atoms with Crippen LogP contribution in [0.3, 0.4) is 0 Å². The summed E-state index contributed by atoms with van der Waals surface area (Å²) in [5.41, 5.74) is 3.24.